The first-order valence-corrected chi connectivity index (χ1v) is 5.89. The fourth-order valence-corrected chi connectivity index (χ4v) is 1.50. The van der Waals surface area contributed by atoms with E-state index in [0.717, 1.165) is 12.8 Å². The van der Waals surface area contributed by atoms with Crippen molar-refractivity contribution in [2.24, 2.45) is 0 Å². The van der Waals surface area contributed by atoms with Gasteiger partial charge in [0.15, 0.2) is 6.04 Å². The Balaban J connectivity index is 4.32. The summed E-state index contributed by atoms with van der Waals surface area (Å²) in [5.41, 5.74) is 0. The number of carbonyl (C=O) groups is 2. The number of aliphatic carboxylic acids is 1. The van der Waals surface area contributed by atoms with Crippen molar-refractivity contribution in [1.29, 1.82) is 0 Å². The van der Waals surface area contributed by atoms with Crippen LogP contribution in [-0.2, 0) is 9.53 Å². The summed E-state index contributed by atoms with van der Waals surface area (Å²) in [6.45, 7) is 3.63. The Hall–Kier alpha value is -1.34. The van der Waals surface area contributed by atoms with Crippen LogP contribution in [0.15, 0.2) is 0 Å². The largest absolute Gasteiger partial charge is 0.480 e. The van der Waals surface area contributed by atoms with Crippen LogP contribution in [0.1, 0.15) is 26.7 Å². The van der Waals surface area contributed by atoms with Crippen LogP contribution in [-0.4, -0.2) is 54.1 Å². The molecule has 0 aliphatic heterocycles. The molecule has 3 atom stereocenters. The number of methoxy groups -OCH3 is 1. The van der Waals surface area contributed by atoms with Crippen LogP contribution in [0.3, 0.4) is 0 Å². The van der Waals surface area contributed by atoms with Crippen LogP contribution in [0.2, 0.25) is 0 Å². The van der Waals surface area contributed by atoms with Crippen LogP contribution < -0.4 is 10.6 Å². The average molecular weight is 262 g/mol. The number of nitrogens with one attached hydrogen (secondary N) is 2. The number of carbonyl (C=O) groups excluding carboxylic acids is 1. The molecular weight excluding hydrogens is 240 g/mol. The third-order valence-corrected chi connectivity index (χ3v) is 2.38. The van der Waals surface area contributed by atoms with Gasteiger partial charge in [-0.3, -0.25) is 0 Å². The van der Waals surface area contributed by atoms with Crippen LogP contribution in [0.4, 0.5) is 4.79 Å². The third kappa shape index (κ3) is 6.41. The lowest BCUT2D eigenvalue weighted by Gasteiger charge is -2.21. The van der Waals surface area contributed by atoms with Gasteiger partial charge in [0.25, 0.3) is 0 Å². The summed E-state index contributed by atoms with van der Waals surface area (Å²) >= 11 is 0. The first kappa shape index (κ1) is 16.7. The highest BCUT2D eigenvalue weighted by molar-refractivity contribution is 5.83. The quantitative estimate of drug-likeness (QED) is 0.490. The lowest BCUT2D eigenvalue weighted by molar-refractivity contribution is -0.141. The fourth-order valence-electron chi connectivity index (χ4n) is 1.50. The highest BCUT2D eigenvalue weighted by Crippen LogP contribution is 1.98. The molecule has 0 aromatic carbocycles. The molecule has 2 amide bonds. The van der Waals surface area contributed by atoms with Gasteiger partial charge in [-0.2, -0.15) is 0 Å². The number of rotatable bonds is 8. The minimum Gasteiger partial charge on any atom is -0.480 e. The second-order valence-corrected chi connectivity index (χ2v) is 4.12. The predicted molar refractivity (Wildman–Crippen MR) is 65.3 cm³/mol. The summed E-state index contributed by atoms with van der Waals surface area (Å²) < 4.78 is 4.95. The highest BCUT2D eigenvalue weighted by atomic mass is 16.5. The zero-order chi connectivity index (χ0) is 14.1. The number of hydrogen-bond acceptors (Lipinski definition) is 4. The van der Waals surface area contributed by atoms with Crippen molar-refractivity contribution in [1.82, 2.24) is 10.6 Å². The van der Waals surface area contributed by atoms with Gasteiger partial charge in [0.05, 0.1) is 18.8 Å². The molecule has 0 fully saturated rings. The van der Waals surface area contributed by atoms with Crippen molar-refractivity contribution >= 4 is 12.0 Å². The summed E-state index contributed by atoms with van der Waals surface area (Å²) in [5, 5.41) is 22.8. The van der Waals surface area contributed by atoms with E-state index in [9.17, 15) is 14.7 Å². The first-order valence-electron chi connectivity index (χ1n) is 5.89. The molecule has 0 spiro atoms. The number of ether oxygens (including phenoxy) is 1. The van der Waals surface area contributed by atoms with Gasteiger partial charge in [-0.1, -0.05) is 13.3 Å². The number of carboxylic acid groups (broad SMARTS) is 1. The van der Waals surface area contributed by atoms with E-state index in [-0.39, 0.29) is 6.04 Å². The monoisotopic (exact) mass is 262 g/mol. The van der Waals surface area contributed by atoms with E-state index < -0.39 is 24.1 Å². The highest BCUT2D eigenvalue weighted by Gasteiger charge is 2.25. The number of urea groups is 1. The summed E-state index contributed by atoms with van der Waals surface area (Å²) in [6, 6.07) is -2.13. The van der Waals surface area contributed by atoms with Gasteiger partial charge in [-0.25, -0.2) is 9.59 Å². The Morgan fingerprint density at radius 3 is 2.33 bits per heavy atom. The molecule has 0 radical (unpaired) electrons. The van der Waals surface area contributed by atoms with Gasteiger partial charge in [-0.05, 0) is 13.3 Å². The zero-order valence-corrected chi connectivity index (χ0v) is 11.0. The smallest absolute Gasteiger partial charge is 0.328 e. The minimum absolute atomic E-state index is 0.177. The van der Waals surface area contributed by atoms with Crippen molar-refractivity contribution in [3.05, 3.63) is 0 Å². The van der Waals surface area contributed by atoms with Crippen molar-refractivity contribution in [3.8, 4) is 0 Å². The summed E-state index contributed by atoms with van der Waals surface area (Å²) in [4.78, 5) is 22.4. The van der Waals surface area contributed by atoms with Crippen molar-refractivity contribution < 1.29 is 24.5 Å². The van der Waals surface area contributed by atoms with Gasteiger partial charge in [-0.15, -0.1) is 0 Å². The first-order chi connectivity index (χ1) is 8.42. The molecule has 0 rings (SSSR count). The molecule has 0 aliphatic rings. The third-order valence-electron chi connectivity index (χ3n) is 2.38. The Morgan fingerprint density at radius 2 is 1.94 bits per heavy atom. The fraction of sp³-hybridized carbons (Fsp3) is 0.818. The molecule has 0 heterocycles. The summed E-state index contributed by atoms with van der Waals surface area (Å²) in [5.74, 6) is -1.28. The van der Waals surface area contributed by atoms with Gasteiger partial charge >= 0.3 is 12.0 Å². The zero-order valence-electron chi connectivity index (χ0n) is 11.0. The molecule has 0 saturated carbocycles. The molecule has 0 aliphatic carbocycles. The Bertz CT molecular complexity index is 264. The van der Waals surface area contributed by atoms with E-state index in [2.05, 4.69) is 10.6 Å². The molecule has 7 nitrogen and oxygen atoms in total. The van der Waals surface area contributed by atoms with Gasteiger partial charge in [0.1, 0.15) is 0 Å². The number of aliphatic hydroxyl groups excluding tert-OH is 1. The molecule has 7 heteroatoms. The average Bonchev–Trinajstić information content (AvgIpc) is 2.25. The molecule has 0 saturated heterocycles. The summed E-state index contributed by atoms with van der Waals surface area (Å²) in [6.07, 6.45) is 0.432. The maximum absolute atomic E-state index is 11.6. The number of carboxylic acids is 1. The number of amides is 2. The van der Waals surface area contributed by atoms with Crippen LogP contribution >= 0.6 is 0 Å². The van der Waals surface area contributed by atoms with E-state index in [1.165, 1.54) is 14.0 Å². The lowest BCUT2D eigenvalue weighted by Crippen LogP contribution is -2.53. The molecule has 106 valence electrons. The molecule has 0 aromatic heterocycles. The van der Waals surface area contributed by atoms with E-state index in [1.54, 1.807) is 0 Å². The van der Waals surface area contributed by atoms with Crippen LogP contribution in [0.25, 0.3) is 0 Å². The topological polar surface area (TPSA) is 108 Å². The normalized spacial score (nSPS) is 15.6. The van der Waals surface area contributed by atoms with E-state index >= 15 is 0 Å². The standard InChI is InChI=1S/C11H22N2O5/c1-4-5-8(6-18-3)12-11(17)13-9(7(2)14)10(15)16/h7-9,14H,4-6H2,1-3H3,(H,15,16)(H2,12,13,17). The van der Waals surface area contributed by atoms with Crippen molar-refractivity contribution in [2.75, 3.05) is 13.7 Å². The number of aliphatic hydroxyl groups is 1. The number of hydrogen-bond donors (Lipinski definition) is 4. The predicted octanol–water partition coefficient (Wildman–Crippen LogP) is -0.0653. The maximum Gasteiger partial charge on any atom is 0.328 e. The molecule has 4 N–H and O–H groups in total. The van der Waals surface area contributed by atoms with Crippen LogP contribution in [0, 0.1) is 0 Å². The van der Waals surface area contributed by atoms with E-state index in [0.29, 0.717) is 6.61 Å². The molecule has 18 heavy (non-hydrogen) atoms. The molecular formula is C11H22N2O5. The molecule has 0 aromatic rings. The van der Waals surface area contributed by atoms with E-state index in [1.807, 2.05) is 6.92 Å². The minimum atomic E-state index is -1.32. The Morgan fingerprint density at radius 1 is 1.33 bits per heavy atom. The molecule has 3 unspecified atom stereocenters. The van der Waals surface area contributed by atoms with Crippen molar-refractivity contribution in [3.63, 3.8) is 0 Å². The van der Waals surface area contributed by atoms with Crippen molar-refractivity contribution in [2.45, 2.75) is 44.9 Å². The maximum atomic E-state index is 11.6. The Kier molecular flexibility index (Phi) is 8.06. The summed E-state index contributed by atoms with van der Waals surface area (Å²) in [7, 11) is 1.53. The Labute approximate surface area is 107 Å². The second kappa shape index (κ2) is 8.71. The molecule has 0 bridgehead atoms. The van der Waals surface area contributed by atoms with Gasteiger partial charge in [0.2, 0.25) is 0 Å². The van der Waals surface area contributed by atoms with E-state index in [4.69, 9.17) is 9.84 Å². The second-order valence-electron chi connectivity index (χ2n) is 4.12. The van der Waals surface area contributed by atoms with Gasteiger partial charge in [0, 0.05) is 7.11 Å². The van der Waals surface area contributed by atoms with Crippen LogP contribution in [0.5, 0.6) is 0 Å². The lowest BCUT2D eigenvalue weighted by atomic mass is 10.2. The SMILES string of the molecule is CCCC(COC)NC(=O)NC(C(=O)O)C(C)O. The van der Waals surface area contributed by atoms with Gasteiger partial charge < -0.3 is 25.6 Å².